The van der Waals surface area contributed by atoms with Gasteiger partial charge in [-0.15, -0.1) is 0 Å². The van der Waals surface area contributed by atoms with Crippen molar-refractivity contribution in [3.8, 4) is 11.6 Å². The summed E-state index contributed by atoms with van der Waals surface area (Å²) in [6, 6.07) is 20.0. The van der Waals surface area contributed by atoms with E-state index in [1.807, 2.05) is 12.1 Å². The van der Waals surface area contributed by atoms with Crippen LogP contribution in [0.4, 0.5) is 10.5 Å². The van der Waals surface area contributed by atoms with Crippen molar-refractivity contribution in [2.45, 2.75) is 0 Å². The van der Waals surface area contributed by atoms with Crippen molar-refractivity contribution in [1.29, 1.82) is 0 Å². The van der Waals surface area contributed by atoms with E-state index in [9.17, 15) is 9.59 Å². The lowest BCUT2D eigenvalue weighted by atomic mass is 10.2. The number of rotatable bonds is 4. The van der Waals surface area contributed by atoms with E-state index in [1.165, 1.54) is 0 Å². The van der Waals surface area contributed by atoms with Gasteiger partial charge in [0.2, 0.25) is 5.88 Å². The minimum Gasteiger partial charge on any atom is -0.439 e. The summed E-state index contributed by atoms with van der Waals surface area (Å²) in [5, 5.41) is 4.85. The van der Waals surface area contributed by atoms with E-state index in [0.717, 1.165) is 0 Å². The number of hydrogen-bond acceptors (Lipinski definition) is 4. The van der Waals surface area contributed by atoms with E-state index >= 15 is 0 Å². The van der Waals surface area contributed by atoms with Gasteiger partial charge in [-0.05, 0) is 42.5 Å². The van der Waals surface area contributed by atoms with Crippen LogP contribution >= 0.6 is 0 Å². The molecule has 6 heteroatoms. The van der Waals surface area contributed by atoms with Gasteiger partial charge in [0, 0.05) is 23.5 Å². The van der Waals surface area contributed by atoms with E-state index < -0.39 is 11.9 Å². The maximum absolute atomic E-state index is 12.1. The minimum atomic E-state index is -0.593. The number of pyridine rings is 1. The predicted octanol–water partition coefficient (Wildman–Crippen LogP) is 3.84. The van der Waals surface area contributed by atoms with Gasteiger partial charge >= 0.3 is 6.03 Å². The fraction of sp³-hybridized carbons (Fsp3) is 0. The van der Waals surface area contributed by atoms with Crippen LogP contribution in [0.25, 0.3) is 0 Å². The number of urea groups is 1. The largest absolute Gasteiger partial charge is 0.439 e. The van der Waals surface area contributed by atoms with Gasteiger partial charge in [-0.3, -0.25) is 10.1 Å². The zero-order valence-electron chi connectivity index (χ0n) is 13.2. The molecule has 0 aliphatic carbocycles. The smallest absolute Gasteiger partial charge is 0.326 e. The Balaban J connectivity index is 1.58. The fourth-order valence-electron chi connectivity index (χ4n) is 2.06. The lowest BCUT2D eigenvalue weighted by Gasteiger charge is -2.08. The second-order valence-electron chi connectivity index (χ2n) is 5.07. The van der Waals surface area contributed by atoms with E-state index in [4.69, 9.17) is 4.74 Å². The van der Waals surface area contributed by atoms with Crippen molar-refractivity contribution in [3.05, 3.63) is 84.6 Å². The number of nitrogens with zero attached hydrogens (tertiary/aromatic N) is 1. The highest BCUT2D eigenvalue weighted by Crippen LogP contribution is 2.19. The van der Waals surface area contributed by atoms with Gasteiger partial charge < -0.3 is 10.1 Å². The van der Waals surface area contributed by atoms with E-state index in [0.29, 0.717) is 22.9 Å². The van der Waals surface area contributed by atoms with Crippen molar-refractivity contribution in [3.63, 3.8) is 0 Å². The first kappa shape index (κ1) is 16.2. The Kier molecular flexibility index (Phi) is 5.01. The molecular formula is C19H15N3O3. The molecule has 25 heavy (non-hydrogen) atoms. The number of para-hydroxylation sites is 1. The number of aromatic nitrogens is 1. The molecule has 0 fully saturated rings. The van der Waals surface area contributed by atoms with Crippen LogP contribution in [0, 0.1) is 0 Å². The first-order chi connectivity index (χ1) is 12.2. The monoisotopic (exact) mass is 333 g/mol. The first-order valence-corrected chi connectivity index (χ1v) is 7.57. The highest BCUT2D eigenvalue weighted by molar-refractivity contribution is 6.07. The minimum absolute atomic E-state index is 0.344. The highest BCUT2D eigenvalue weighted by atomic mass is 16.5. The summed E-state index contributed by atoms with van der Waals surface area (Å²) in [5.74, 6) is 0.503. The molecule has 0 saturated heterocycles. The molecule has 3 aromatic rings. The Morgan fingerprint density at radius 3 is 2.24 bits per heavy atom. The Morgan fingerprint density at radius 2 is 1.56 bits per heavy atom. The highest BCUT2D eigenvalue weighted by Gasteiger charge is 2.10. The number of benzene rings is 2. The lowest BCUT2D eigenvalue weighted by Crippen LogP contribution is -2.34. The van der Waals surface area contributed by atoms with Gasteiger partial charge in [0.1, 0.15) is 5.75 Å². The molecule has 0 atom stereocenters. The van der Waals surface area contributed by atoms with Crippen LogP contribution in [-0.4, -0.2) is 16.9 Å². The van der Waals surface area contributed by atoms with Crippen molar-refractivity contribution in [2.24, 2.45) is 0 Å². The van der Waals surface area contributed by atoms with Crippen molar-refractivity contribution in [1.82, 2.24) is 10.3 Å². The summed E-state index contributed by atoms with van der Waals surface area (Å²) >= 11 is 0. The maximum atomic E-state index is 12.1. The summed E-state index contributed by atoms with van der Waals surface area (Å²) in [6.07, 6.45) is 1.63. The van der Waals surface area contributed by atoms with E-state index in [1.54, 1.807) is 66.9 Å². The number of carbonyl (C=O) groups is 2. The number of hydrogen-bond donors (Lipinski definition) is 2. The number of ether oxygens (including phenoxy) is 1. The molecule has 2 N–H and O–H groups in total. The second-order valence-corrected chi connectivity index (χ2v) is 5.07. The Hall–Kier alpha value is -3.67. The van der Waals surface area contributed by atoms with Crippen LogP contribution in [0.2, 0.25) is 0 Å². The standard InChI is InChI=1S/C19H15N3O3/c23-18(22-19(24)21-15-6-2-1-3-7-15)14-9-11-16(12-10-14)25-17-8-4-5-13-20-17/h1-13H,(H2,21,22,23,24). The van der Waals surface area contributed by atoms with Gasteiger partial charge in [0.05, 0.1) is 0 Å². The molecule has 0 aliphatic rings. The quantitative estimate of drug-likeness (QED) is 0.760. The molecule has 0 bridgehead atoms. The third-order valence-electron chi connectivity index (χ3n) is 3.24. The zero-order valence-corrected chi connectivity index (χ0v) is 13.2. The average molecular weight is 333 g/mol. The number of imide groups is 1. The molecule has 6 nitrogen and oxygen atoms in total. The van der Waals surface area contributed by atoms with Crippen molar-refractivity contribution >= 4 is 17.6 Å². The molecule has 0 spiro atoms. The molecule has 1 aromatic heterocycles. The van der Waals surface area contributed by atoms with Crippen LogP contribution < -0.4 is 15.4 Å². The Morgan fingerprint density at radius 1 is 0.840 bits per heavy atom. The summed E-state index contributed by atoms with van der Waals surface area (Å²) < 4.78 is 5.55. The predicted molar refractivity (Wildman–Crippen MR) is 93.7 cm³/mol. The number of carbonyl (C=O) groups excluding carboxylic acids is 2. The second kappa shape index (κ2) is 7.74. The van der Waals surface area contributed by atoms with Crippen molar-refractivity contribution in [2.75, 3.05) is 5.32 Å². The molecule has 3 rings (SSSR count). The fourth-order valence-corrected chi connectivity index (χ4v) is 2.06. The Labute approximate surface area is 144 Å². The SMILES string of the molecule is O=C(NC(=O)c1ccc(Oc2ccccn2)cc1)Nc1ccccc1. The van der Waals surface area contributed by atoms with Crippen LogP contribution in [0.1, 0.15) is 10.4 Å². The molecular weight excluding hydrogens is 318 g/mol. The number of nitrogens with one attached hydrogen (secondary N) is 2. The van der Waals surface area contributed by atoms with Crippen LogP contribution in [-0.2, 0) is 0 Å². The Bertz CT molecular complexity index is 850. The number of anilines is 1. The van der Waals surface area contributed by atoms with Gasteiger partial charge in [-0.2, -0.15) is 0 Å². The van der Waals surface area contributed by atoms with E-state index in [2.05, 4.69) is 15.6 Å². The van der Waals surface area contributed by atoms with E-state index in [-0.39, 0.29) is 0 Å². The topological polar surface area (TPSA) is 80.3 Å². The average Bonchev–Trinajstić information content (AvgIpc) is 2.64. The molecule has 124 valence electrons. The first-order valence-electron chi connectivity index (χ1n) is 7.57. The van der Waals surface area contributed by atoms with Gasteiger partial charge in [0.15, 0.2) is 0 Å². The third kappa shape index (κ3) is 4.65. The maximum Gasteiger partial charge on any atom is 0.326 e. The summed E-state index contributed by atoms with van der Waals surface area (Å²) in [6.45, 7) is 0. The van der Waals surface area contributed by atoms with Crippen LogP contribution in [0.5, 0.6) is 11.6 Å². The van der Waals surface area contributed by atoms with Gasteiger partial charge in [-0.1, -0.05) is 24.3 Å². The van der Waals surface area contributed by atoms with Gasteiger partial charge in [0.25, 0.3) is 5.91 Å². The third-order valence-corrected chi connectivity index (χ3v) is 3.24. The van der Waals surface area contributed by atoms with Crippen LogP contribution in [0.15, 0.2) is 79.0 Å². The number of amides is 3. The molecule has 0 saturated carbocycles. The zero-order chi connectivity index (χ0) is 17.5. The summed E-state index contributed by atoms with van der Waals surface area (Å²) in [4.78, 5) is 28.0. The van der Waals surface area contributed by atoms with Gasteiger partial charge in [-0.25, -0.2) is 9.78 Å². The molecule has 2 aromatic carbocycles. The molecule has 0 radical (unpaired) electrons. The normalized spacial score (nSPS) is 9.92. The van der Waals surface area contributed by atoms with Crippen molar-refractivity contribution < 1.29 is 14.3 Å². The summed E-state index contributed by atoms with van der Waals surface area (Å²) in [7, 11) is 0. The summed E-state index contributed by atoms with van der Waals surface area (Å²) in [5.41, 5.74) is 0.948. The molecule has 0 aliphatic heterocycles. The molecule has 3 amide bonds. The van der Waals surface area contributed by atoms with Crippen LogP contribution in [0.3, 0.4) is 0 Å². The lowest BCUT2D eigenvalue weighted by molar-refractivity contribution is 0.0967. The molecule has 1 heterocycles. The molecule has 0 unspecified atom stereocenters.